The smallest absolute Gasteiger partial charge is 0.332 e. The minimum atomic E-state index is -0.892. The fourth-order valence-electron chi connectivity index (χ4n) is 2.61. The van der Waals surface area contributed by atoms with Crippen LogP contribution in [0, 0.1) is 0 Å². The van der Waals surface area contributed by atoms with Gasteiger partial charge in [0.25, 0.3) is 5.91 Å². The number of carbonyl (C=O) groups excluding carboxylic acids is 2. The second-order valence-electron chi connectivity index (χ2n) is 5.76. The third-order valence-corrected chi connectivity index (χ3v) is 4.04. The lowest BCUT2D eigenvalue weighted by molar-refractivity contribution is -0.175. The van der Waals surface area contributed by atoms with Gasteiger partial charge in [0.1, 0.15) is 6.10 Å². The van der Waals surface area contributed by atoms with E-state index < -0.39 is 35.5 Å². The number of esters is 1. The van der Waals surface area contributed by atoms with Gasteiger partial charge in [-0.25, -0.2) is 4.79 Å². The Hall–Kier alpha value is -3.30. The molecule has 26 heavy (non-hydrogen) atoms. The van der Waals surface area contributed by atoms with Crippen LogP contribution in [0.2, 0.25) is 0 Å². The molecule has 1 saturated heterocycles. The molecule has 2 aromatic carbocycles. The number of para-hydroxylation sites is 1. The molecule has 2 atom stereocenters. The summed E-state index contributed by atoms with van der Waals surface area (Å²) in [5.41, 5.74) is 0.773. The number of hydrogen-bond donors (Lipinski definition) is 5. The van der Waals surface area contributed by atoms with E-state index in [1.807, 2.05) is 0 Å². The first-order valence-electron chi connectivity index (χ1n) is 7.66. The number of phenols is 2. The lowest BCUT2D eigenvalue weighted by Gasteiger charge is -2.35. The van der Waals surface area contributed by atoms with Crippen molar-refractivity contribution in [3.8, 4) is 11.5 Å². The van der Waals surface area contributed by atoms with Crippen molar-refractivity contribution >= 4 is 17.6 Å². The molecule has 0 saturated carbocycles. The van der Waals surface area contributed by atoms with E-state index in [0.717, 1.165) is 5.56 Å². The van der Waals surface area contributed by atoms with Gasteiger partial charge in [0.2, 0.25) is 0 Å². The normalized spacial score (nSPS) is 18.6. The third-order valence-electron chi connectivity index (χ3n) is 4.04. The topological polar surface area (TPSA) is 140 Å². The van der Waals surface area contributed by atoms with E-state index in [0.29, 0.717) is 6.42 Å². The van der Waals surface area contributed by atoms with Gasteiger partial charge >= 0.3 is 5.97 Å². The molecule has 1 amide bonds. The summed E-state index contributed by atoms with van der Waals surface area (Å²) in [6, 6.07) is 9.24. The van der Waals surface area contributed by atoms with Crippen molar-refractivity contribution in [2.45, 2.75) is 18.6 Å². The second-order valence-corrected chi connectivity index (χ2v) is 5.76. The molecule has 5 N–H and O–H groups in total. The van der Waals surface area contributed by atoms with Crippen LogP contribution in [0.4, 0.5) is 5.69 Å². The van der Waals surface area contributed by atoms with Crippen LogP contribution in [0.5, 0.6) is 11.5 Å². The van der Waals surface area contributed by atoms with Gasteiger partial charge in [-0.15, -0.1) is 5.23 Å². The zero-order chi connectivity index (χ0) is 18.8. The molecule has 1 aliphatic rings. The number of cyclic esters (lactones) is 1. The maximum atomic E-state index is 12.2. The highest BCUT2D eigenvalue weighted by Gasteiger charge is 2.43. The van der Waals surface area contributed by atoms with Gasteiger partial charge in [-0.05, 0) is 29.8 Å². The number of hydrogen-bond acceptors (Lipinski definition) is 8. The number of nitrogens with one attached hydrogen (secondary N) is 1. The van der Waals surface area contributed by atoms with Crippen molar-refractivity contribution in [3.05, 3.63) is 53.6 Å². The number of rotatable bonds is 5. The molecule has 0 bridgehead atoms. The Labute approximate surface area is 147 Å². The third kappa shape index (κ3) is 3.39. The SMILES string of the molecule is O=C(N[C@@H]1C(=O)O[C@@H]1Cc1ccc(N(O)O)cc1)c1cccc(O)c1O. The Bertz CT molecular complexity index is 836. The fourth-order valence-corrected chi connectivity index (χ4v) is 2.61. The number of amides is 1. The molecule has 0 aliphatic carbocycles. The number of ether oxygens (including phenoxy) is 1. The van der Waals surface area contributed by atoms with Gasteiger partial charge in [-0.3, -0.25) is 15.2 Å². The van der Waals surface area contributed by atoms with E-state index in [1.165, 1.54) is 30.3 Å². The molecule has 9 heteroatoms. The second kappa shape index (κ2) is 6.90. The van der Waals surface area contributed by atoms with Crippen LogP contribution in [0.1, 0.15) is 15.9 Å². The van der Waals surface area contributed by atoms with E-state index in [4.69, 9.17) is 15.2 Å². The number of nitrogens with zero attached hydrogens (tertiary/aromatic N) is 1. The number of phenolic OH excluding ortho intramolecular Hbond substituents is 2. The van der Waals surface area contributed by atoms with Crippen molar-refractivity contribution in [1.82, 2.24) is 5.32 Å². The van der Waals surface area contributed by atoms with E-state index in [-0.39, 0.29) is 16.5 Å². The first-order chi connectivity index (χ1) is 12.4. The summed E-state index contributed by atoms with van der Waals surface area (Å²) >= 11 is 0. The van der Waals surface area contributed by atoms with Gasteiger partial charge < -0.3 is 20.3 Å². The van der Waals surface area contributed by atoms with E-state index in [2.05, 4.69) is 5.32 Å². The highest BCUT2D eigenvalue weighted by molar-refractivity contribution is 6.00. The minimum absolute atomic E-state index is 0.0159. The predicted octanol–water partition coefficient (Wildman–Crippen LogP) is 0.949. The van der Waals surface area contributed by atoms with Crippen LogP contribution in [-0.4, -0.2) is 44.6 Å². The van der Waals surface area contributed by atoms with Crippen molar-refractivity contribution in [2.75, 3.05) is 5.23 Å². The Balaban J connectivity index is 1.67. The molecule has 1 aliphatic heterocycles. The minimum Gasteiger partial charge on any atom is -0.504 e. The van der Waals surface area contributed by atoms with Crippen LogP contribution >= 0.6 is 0 Å². The molecule has 136 valence electrons. The van der Waals surface area contributed by atoms with Gasteiger partial charge in [0.15, 0.2) is 17.5 Å². The highest BCUT2D eigenvalue weighted by atomic mass is 16.8. The summed E-state index contributed by atoms with van der Waals surface area (Å²) < 4.78 is 5.05. The molecule has 1 heterocycles. The van der Waals surface area contributed by atoms with E-state index >= 15 is 0 Å². The summed E-state index contributed by atoms with van der Waals surface area (Å²) in [6.45, 7) is 0. The number of aromatic hydroxyl groups is 2. The molecule has 2 aromatic rings. The van der Waals surface area contributed by atoms with Crippen molar-refractivity contribution in [1.29, 1.82) is 0 Å². The van der Waals surface area contributed by atoms with Gasteiger partial charge in [0.05, 0.1) is 11.3 Å². The molecule has 0 unspecified atom stereocenters. The molecule has 0 aromatic heterocycles. The molecular weight excluding hydrogens is 344 g/mol. The maximum Gasteiger partial charge on any atom is 0.332 e. The molecule has 9 nitrogen and oxygen atoms in total. The Morgan fingerprint density at radius 3 is 2.42 bits per heavy atom. The lowest BCUT2D eigenvalue weighted by atomic mass is 9.97. The zero-order valence-corrected chi connectivity index (χ0v) is 13.4. The average molecular weight is 360 g/mol. The summed E-state index contributed by atoms with van der Waals surface area (Å²) in [7, 11) is 0. The zero-order valence-electron chi connectivity index (χ0n) is 13.4. The standard InChI is InChI=1S/C17H16N2O7/c20-12-3-1-2-11(15(12)21)16(22)18-14-13(26-17(14)23)8-9-4-6-10(7-5-9)19(24)25/h1-7,13-14,20-21,24-25H,8H2,(H,18,22)/t13-,14+/m1/s1. The summed E-state index contributed by atoms with van der Waals surface area (Å²) in [6.07, 6.45) is -0.295. The van der Waals surface area contributed by atoms with Crippen molar-refractivity contribution in [2.24, 2.45) is 0 Å². The molecule has 1 fully saturated rings. The quantitative estimate of drug-likeness (QED) is 0.302. The van der Waals surface area contributed by atoms with Crippen molar-refractivity contribution < 1.29 is 35.0 Å². The van der Waals surface area contributed by atoms with Crippen LogP contribution in [-0.2, 0) is 16.0 Å². The van der Waals surface area contributed by atoms with Gasteiger partial charge in [-0.1, -0.05) is 18.2 Å². The van der Waals surface area contributed by atoms with E-state index in [1.54, 1.807) is 12.1 Å². The Kier molecular flexibility index (Phi) is 4.65. The number of benzene rings is 2. The predicted molar refractivity (Wildman–Crippen MR) is 87.1 cm³/mol. The summed E-state index contributed by atoms with van der Waals surface area (Å²) in [5, 5.41) is 39.5. The largest absolute Gasteiger partial charge is 0.504 e. The van der Waals surface area contributed by atoms with Crippen LogP contribution in [0.25, 0.3) is 0 Å². The van der Waals surface area contributed by atoms with Crippen LogP contribution in [0.15, 0.2) is 42.5 Å². The average Bonchev–Trinajstić information content (AvgIpc) is 2.62. The van der Waals surface area contributed by atoms with Crippen molar-refractivity contribution in [3.63, 3.8) is 0 Å². The summed E-state index contributed by atoms with van der Waals surface area (Å²) in [4.78, 5) is 23.9. The van der Waals surface area contributed by atoms with Crippen LogP contribution in [0.3, 0.4) is 0 Å². The Morgan fingerprint density at radius 1 is 1.12 bits per heavy atom. The van der Waals surface area contributed by atoms with E-state index in [9.17, 15) is 19.8 Å². The monoisotopic (exact) mass is 360 g/mol. The molecule has 0 spiro atoms. The Morgan fingerprint density at radius 2 is 1.81 bits per heavy atom. The number of anilines is 1. The molecular formula is C17H16N2O7. The lowest BCUT2D eigenvalue weighted by Crippen LogP contribution is -2.60. The van der Waals surface area contributed by atoms with Gasteiger partial charge in [0, 0.05) is 6.42 Å². The fraction of sp³-hybridized carbons (Fsp3) is 0.176. The first kappa shape index (κ1) is 17.5. The highest BCUT2D eigenvalue weighted by Crippen LogP contribution is 2.29. The van der Waals surface area contributed by atoms with Gasteiger partial charge in [-0.2, -0.15) is 0 Å². The number of carbonyl (C=O) groups is 2. The molecule has 3 rings (SSSR count). The molecule has 0 radical (unpaired) electrons. The first-order valence-corrected chi connectivity index (χ1v) is 7.66. The maximum absolute atomic E-state index is 12.2. The summed E-state index contributed by atoms with van der Waals surface area (Å²) in [5.74, 6) is -2.32. The van der Waals surface area contributed by atoms with Crippen LogP contribution < -0.4 is 10.5 Å².